The summed E-state index contributed by atoms with van der Waals surface area (Å²) in [5, 5.41) is 2.68. The van der Waals surface area contributed by atoms with E-state index in [-0.39, 0.29) is 11.0 Å². The van der Waals surface area contributed by atoms with Crippen molar-refractivity contribution < 1.29 is 0 Å². The van der Waals surface area contributed by atoms with Crippen molar-refractivity contribution in [1.82, 2.24) is 0 Å². The molecule has 0 aliphatic heterocycles. The minimum atomic E-state index is -0.198. The molecule has 4 aromatic carbocycles. The Hall–Kier alpha value is -4.14. The van der Waals surface area contributed by atoms with Gasteiger partial charge in [-0.05, 0) is 61.2 Å². The van der Waals surface area contributed by atoms with E-state index in [9.17, 15) is 0 Å². The lowest BCUT2D eigenvalue weighted by molar-refractivity contribution is 0.443. The third kappa shape index (κ3) is 4.24. The van der Waals surface area contributed by atoms with Crippen LogP contribution in [-0.4, -0.2) is 5.54 Å². The first-order chi connectivity index (χ1) is 19.5. The molecule has 40 heavy (non-hydrogen) atoms. The molecule has 196 valence electrons. The number of hydrogen-bond acceptors (Lipinski definition) is 2. The van der Waals surface area contributed by atoms with Crippen LogP contribution in [0.5, 0.6) is 0 Å². The van der Waals surface area contributed by atoms with Crippen LogP contribution in [0.2, 0.25) is 0 Å². The van der Waals surface area contributed by atoms with Gasteiger partial charge in [-0.3, -0.25) is 0 Å². The molecule has 5 aromatic rings. The molecule has 2 aliphatic rings. The number of nitrogens with zero attached hydrogens (tertiary/aromatic N) is 1. The van der Waals surface area contributed by atoms with Crippen LogP contribution >= 0.6 is 11.3 Å². The Morgan fingerprint density at radius 3 is 2.23 bits per heavy atom. The molecule has 1 nitrogen and oxygen atoms in total. The maximum atomic E-state index is 2.52. The Bertz CT molecular complexity index is 1820. The van der Waals surface area contributed by atoms with Gasteiger partial charge in [-0.25, -0.2) is 0 Å². The van der Waals surface area contributed by atoms with Gasteiger partial charge in [0.25, 0.3) is 0 Å². The van der Waals surface area contributed by atoms with Gasteiger partial charge in [0.05, 0.1) is 5.54 Å². The highest BCUT2D eigenvalue weighted by molar-refractivity contribution is 7.26. The van der Waals surface area contributed by atoms with Crippen LogP contribution < -0.4 is 4.90 Å². The first-order valence-corrected chi connectivity index (χ1v) is 15.0. The lowest BCUT2D eigenvalue weighted by atomic mass is 9.70. The molecule has 0 saturated carbocycles. The van der Waals surface area contributed by atoms with Gasteiger partial charge in [0, 0.05) is 37.0 Å². The molecule has 0 spiro atoms. The van der Waals surface area contributed by atoms with Crippen molar-refractivity contribution in [3.63, 3.8) is 0 Å². The number of benzene rings is 4. The van der Waals surface area contributed by atoms with Crippen LogP contribution in [0.3, 0.4) is 0 Å². The molecule has 1 heterocycles. The Morgan fingerprint density at radius 1 is 0.675 bits per heavy atom. The number of rotatable bonds is 5. The fourth-order valence-electron chi connectivity index (χ4n) is 6.47. The maximum Gasteiger partial charge on any atom is 0.0645 e. The standard InChI is InChI=1S/C38H33NS/c1-37(24-9-4-10-25-37)29-13-12-26-38(2,27-29)39(30-14-5-3-6-15-30)31-22-20-28(21-23-31)32-17-11-18-34-33-16-7-8-19-35(33)40-36(32)34/h3-24,26H,25,27H2,1-2H3. The second-order valence-corrected chi connectivity index (χ2v) is 12.5. The van der Waals surface area contributed by atoms with E-state index in [4.69, 9.17) is 0 Å². The minimum absolute atomic E-state index is 0.0515. The fourth-order valence-corrected chi connectivity index (χ4v) is 7.71. The molecule has 0 N–H and O–H groups in total. The smallest absolute Gasteiger partial charge is 0.0645 e. The Morgan fingerprint density at radius 2 is 1.43 bits per heavy atom. The number of para-hydroxylation sites is 1. The Labute approximate surface area is 241 Å². The molecule has 7 rings (SSSR count). The lowest BCUT2D eigenvalue weighted by Gasteiger charge is -2.45. The molecule has 0 fully saturated rings. The van der Waals surface area contributed by atoms with Crippen molar-refractivity contribution in [3.05, 3.63) is 145 Å². The van der Waals surface area contributed by atoms with E-state index in [1.54, 1.807) is 0 Å². The monoisotopic (exact) mass is 535 g/mol. The summed E-state index contributed by atoms with van der Waals surface area (Å²) in [6.45, 7) is 4.75. The molecule has 0 amide bonds. The van der Waals surface area contributed by atoms with E-state index in [0.29, 0.717) is 0 Å². The highest BCUT2D eigenvalue weighted by atomic mass is 32.1. The molecule has 0 radical (unpaired) electrons. The molecule has 0 saturated heterocycles. The largest absolute Gasteiger partial charge is 0.332 e. The molecular weight excluding hydrogens is 502 g/mol. The predicted octanol–water partition coefficient (Wildman–Crippen LogP) is 11.0. The zero-order valence-electron chi connectivity index (χ0n) is 23.0. The van der Waals surface area contributed by atoms with Gasteiger partial charge in [0.1, 0.15) is 0 Å². The Kier molecular flexibility index (Phi) is 6.09. The molecule has 0 bridgehead atoms. The predicted molar refractivity (Wildman–Crippen MR) is 175 cm³/mol. The molecule has 1 aromatic heterocycles. The average molecular weight is 536 g/mol. The molecular formula is C38H33NS. The number of allylic oxidation sites excluding steroid dienone is 6. The molecule has 2 unspecified atom stereocenters. The summed E-state index contributed by atoms with van der Waals surface area (Å²) in [7, 11) is 0. The van der Waals surface area contributed by atoms with Crippen LogP contribution in [0, 0.1) is 5.41 Å². The van der Waals surface area contributed by atoms with E-state index in [0.717, 1.165) is 12.8 Å². The first kappa shape index (κ1) is 24.9. The van der Waals surface area contributed by atoms with Crippen molar-refractivity contribution in [2.75, 3.05) is 4.90 Å². The minimum Gasteiger partial charge on any atom is -0.332 e. The van der Waals surface area contributed by atoms with E-state index in [1.807, 2.05) is 11.3 Å². The average Bonchev–Trinajstić information content (AvgIpc) is 3.38. The summed E-state index contributed by atoms with van der Waals surface area (Å²) in [6, 6.07) is 35.5. The SMILES string of the molecule is CC1(C2=CC=CC(C)(N(c3ccccc3)c3ccc(-c4cccc5c4sc4ccccc45)cc3)C2)C=CC=CC1. The molecule has 2 aliphatic carbocycles. The van der Waals surface area contributed by atoms with Crippen molar-refractivity contribution in [1.29, 1.82) is 0 Å². The quantitative estimate of drug-likeness (QED) is 0.216. The third-order valence-corrected chi connectivity index (χ3v) is 9.87. The van der Waals surface area contributed by atoms with E-state index < -0.39 is 0 Å². The van der Waals surface area contributed by atoms with Crippen molar-refractivity contribution in [2.45, 2.75) is 32.2 Å². The zero-order chi connectivity index (χ0) is 27.2. The number of fused-ring (bicyclic) bond motifs is 3. The van der Waals surface area contributed by atoms with Crippen molar-refractivity contribution in [2.24, 2.45) is 5.41 Å². The van der Waals surface area contributed by atoms with Gasteiger partial charge in [-0.2, -0.15) is 0 Å². The van der Waals surface area contributed by atoms with E-state index in [1.165, 1.54) is 48.2 Å². The zero-order valence-corrected chi connectivity index (χ0v) is 23.9. The van der Waals surface area contributed by atoms with Gasteiger partial charge in [-0.1, -0.05) is 122 Å². The lowest BCUT2D eigenvalue weighted by Crippen LogP contribution is -2.44. The van der Waals surface area contributed by atoms with Crippen LogP contribution in [0.15, 0.2) is 145 Å². The van der Waals surface area contributed by atoms with Crippen LogP contribution in [-0.2, 0) is 0 Å². The fraction of sp³-hybridized carbons (Fsp3) is 0.158. The van der Waals surface area contributed by atoms with Gasteiger partial charge in [-0.15, -0.1) is 11.3 Å². The van der Waals surface area contributed by atoms with Gasteiger partial charge >= 0.3 is 0 Å². The summed E-state index contributed by atoms with van der Waals surface area (Å²) in [5.74, 6) is 0. The second-order valence-electron chi connectivity index (χ2n) is 11.5. The maximum absolute atomic E-state index is 2.52. The summed E-state index contributed by atoms with van der Waals surface area (Å²) in [5.41, 5.74) is 6.30. The number of anilines is 2. The van der Waals surface area contributed by atoms with Gasteiger partial charge in [0.2, 0.25) is 0 Å². The summed E-state index contributed by atoms with van der Waals surface area (Å²) >= 11 is 1.89. The van der Waals surface area contributed by atoms with Gasteiger partial charge < -0.3 is 4.90 Å². The summed E-state index contributed by atoms with van der Waals surface area (Å²) < 4.78 is 2.70. The van der Waals surface area contributed by atoms with E-state index in [2.05, 4.69) is 158 Å². The normalized spacial score (nSPS) is 22.1. The van der Waals surface area contributed by atoms with Gasteiger partial charge in [0.15, 0.2) is 0 Å². The molecule has 2 heteroatoms. The molecule has 2 atom stereocenters. The van der Waals surface area contributed by atoms with Crippen molar-refractivity contribution >= 4 is 42.9 Å². The Balaban J connectivity index is 1.28. The number of thiophene rings is 1. The topological polar surface area (TPSA) is 3.24 Å². The number of hydrogen-bond donors (Lipinski definition) is 0. The first-order valence-electron chi connectivity index (χ1n) is 14.1. The van der Waals surface area contributed by atoms with Crippen LogP contribution in [0.25, 0.3) is 31.3 Å². The van der Waals surface area contributed by atoms with Crippen molar-refractivity contribution in [3.8, 4) is 11.1 Å². The summed E-state index contributed by atoms with van der Waals surface area (Å²) in [4.78, 5) is 2.52. The van der Waals surface area contributed by atoms with Crippen LogP contribution in [0.4, 0.5) is 11.4 Å². The summed E-state index contributed by atoms with van der Waals surface area (Å²) in [6.07, 6.45) is 18.0. The highest BCUT2D eigenvalue weighted by Gasteiger charge is 2.38. The highest BCUT2D eigenvalue weighted by Crippen LogP contribution is 2.47. The van der Waals surface area contributed by atoms with E-state index >= 15 is 0 Å². The third-order valence-electron chi connectivity index (χ3n) is 8.65. The van der Waals surface area contributed by atoms with Crippen LogP contribution in [0.1, 0.15) is 26.7 Å². The second kappa shape index (κ2) is 9.80.